The van der Waals surface area contributed by atoms with Gasteiger partial charge >= 0.3 is 0 Å². The van der Waals surface area contributed by atoms with Crippen LogP contribution in [0.5, 0.6) is 0 Å². The minimum atomic E-state index is 0. The third kappa shape index (κ3) is 57.7. The van der Waals surface area contributed by atoms with Crippen molar-refractivity contribution >= 4 is 62.0 Å². The third-order valence-electron chi connectivity index (χ3n) is 0. The fourth-order valence-electron chi connectivity index (χ4n) is 0. The Labute approximate surface area is 95.3 Å². The Morgan fingerprint density at radius 3 is 0.429 bits per heavy atom. The SMILES string of the molecule is Cl.Cl.Cl.Cl.Cl.[Fe].[Mn]. The van der Waals surface area contributed by atoms with Crippen LogP contribution in [0.4, 0.5) is 0 Å². The van der Waals surface area contributed by atoms with E-state index in [4.69, 9.17) is 0 Å². The first-order chi connectivity index (χ1) is 0. The minimum Gasteiger partial charge on any atom is -0.147 e. The third-order valence-corrected chi connectivity index (χ3v) is 0. The molecule has 7 heteroatoms. The van der Waals surface area contributed by atoms with Gasteiger partial charge in [0.25, 0.3) is 0 Å². The maximum atomic E-state index is 0. The first kappa shape index (κ1) is 110. The molecular formula is H5Cl5FeMn. The van der Waals surface area contributed by atoms with E-state index in [1.54, 1.807) is 0 Å². The van der Waals surface area contributed by atoms with Crippen molar-refractivity contribution in [2.75, 3.05) is 0 Å². The second-order valence-electron chi connectivity index (χ2n) is 0. The monoisotopic (exact) mass is 291 g/mol. The Morgan fingerprint density at radius 1 is 0.429 bits per heavy atom. The molecule has 0 spiro atoms. The van der Waals surface area contributed by atoms with Gasteiger partial charge in [0.05, 0.1) is 0 Å². The molecule has 55 valence electrons. The van der Waals surface area contributed by atoms with Crippen molar-refractivity contribution in [2.24, 2.45) is 0 Å². The molecular weight excluding hydrogens is 288 g/mol. The van der Waals surface area contributed by atoms with Gasteiger partial charge < -0.3 is 0 Å². The van der Waals surface area contributed by atoms with E-state index in [2.05, 4.69) is 0 Å². The molecule has 0 N–H and O–H groups in total. The van der Waals surface area contributed by atoms with Crippen LogP contribution in [0.25, 0.3) is 0 Å². The summed E-state index contributed by atoms with van der Waals surface area (Å²) in [5.74, 6) is 0. The van der Waals surface area contributed by atoms with Crippen molar-refractivity contribution in [3.05, 3.63) is 0 Å². The fraction of sp³-hybridized carbons (Fsp3) is 0. The maximum Gasteiger partial charge on any atom is 0 e. The van der Waals surface area contributed by atoms with Crippen molar-refractivity contribution in [3.8, 4) is 0 Å². The second kappa shape index (κ2) is 76.9. The number of hydrogen-bond donors (Lipinski definition) is 0. The van der Waals surface area contributed by atoms with E-state index in [9.17, 15) is 0 Å². The van der Waals surface area contributed by atoms with Gasteiger partial charge in [-0.05, 0) is 0 Å². The van der Waals surface area contributed by atoms with Gasteiger partial charge in [0.2, 0.25) is 0 Å². The van der Waals surface area contributed by atoms with Gasteiger partial charge in [-0.25, -0.2) is 0 Å². The van der Waals surface area contributed by atoms with E-state index in [-0.39, 0.29) is 96.2 Å². The van der Waals surface area contributed by atoms with Gasteiger partial charge in [-0.15, -0.1) is 62.0 Å². The summed E-state index contributed by atoms with van der Waals surface area (Å²) >= 11 is 0. The van der Waals surface area contributed by atoms with Crippen LogP contribution in [0.1, 0.15) is 0 Å². The molecule has 0 aliphatic carbocycles. The Morgan fingerprint density at radius 2 is 0.429 bits per heavy atom. The predicted octanol–water partition coefficient (Wildman–Crippen LogP) is 2.10. The molecule has 0 saturated heterocycles. The molecule has 0 aromatic rings. The summed E-state index contributed by atoms with van der Waals surface area (Å²) in [4.78, 5) is 0. The summed E-state index contributed by atoms with van der Waals surface area (Å²) < 4.78 is 0. The standard InChI is InChI=1S/5ClH.Fe.Mn/h5*1H;;. The van der Waals surface area contributed by atoms with Crippen LogP contribution >= 0.6 is 62.0 Å². The van der Waals surface area contributed by atoms with Gasteiger partial charge in [-0.3, -0.25) is 0 Å². The topological polar surface area (TPSA) is 0 Å². The van der Waals surface area contributed by atoms with Gasteiger partial charge in [0.1, 0.15) is 0 Å². The average Bonchev–Trinajstić information content (AvgIpc) is 0. The smallest absolute Gasteiger partial charge is 0 e. The first-order valence-electron chi connectivity index (χ1n) is 0. The minimum absolute atomic E-state index is 0. The molecule has 0 heterocycles. The molecule has 0 fully saturated rings. The molecule has 0 aliphatic rings. The van der Waals surface area contributed by atoms with Crippen molar-refractivity contribution < 1.29 is 34.1 Å². The van der Waals surface area contributed by atoms with E-state index in [1.165, 1.54) is 0 Å². The van der Waals surface area contributed by atoms with Crippen LogP contribution in [-0.2, 0) is 34.1 Å². The Kier molecular flexibility index (Phi) is 1210. The van der Waals surface area contributed by atoms with Crippen LogP contribution in [0.15, 0.2) is 0 Å². The summed E-state index contributed by atoms with van der Waals surface area (Å²) in [5.41, 5.74) is 0. The van der Waals surface area contributed by atoms with E-state index in [0.29, 0.717) is 0 Å². The van der Waals surface area contributed by atoms with E-state index in [1.807, 2.05) is 0 Å². The van der Waals surface area contributed by atoms with Crippen LogP contribution in [0.3, 0.4) is 0 Å². The second-order valence-corrected chi connectivity index (χ2v) is 0. The summed E-state index contributed by atoms with van der Waals surface area (Å²) in [6.45, 7) is 0. The molecule has 0 nitrogen and oxygen atoms in total. The molecule has 0 aliphatic heterocycles. The van der Waals surface area contributed by atoms with Crippen LogP contribution < -0.4 is 0 Å². The predicted molar refractivity (Wildman–Crippen MR) is 36.2 cm³/mol. The molecule has 0 saturated carbocycles. The molecule has 0 aromatic carbocycles. The van der Waals surface area contributed by atoms with Crippen molar-refractivity contribution in [1.82, 2.24) is 0 Å². The summed E-state index contributed by atoms with van der Waals surface area (Å²) in [5, 5.41) is 0. The molecule has 1 radical (unpaired) electrons. The van der Waals surface area contributed by atoms with E-state index >= 15 is 0 Å². The van der Waals surface area contributed by atoms with Gasteiger partial charge in [0, 0.05) is 34.1 Å². The largest absolute Gasteiger partial charge is 0.147 e. The van der Waals surface area contributed by atoms with E-state index < -0.39 is 0 Å². The molecule has 0 bridgehead atoms. The summed E-state index contributed by atoms with van der Waals surface area (Å²) in [6.07, 6.45) is 0. The Hall–Kier alpha value is 2.49. The van der Waals surface area contributed by atoms with Gasteiger partial charge in [-0.1, -0.05) is 0 Å². The fourth-order valence-corrected chi connectivity index (χ4v) is 0. The molecule has 0 unspecified atom stereocenters. The zero-order chi connectivity index (χ0) is 0. The van der Waals surface area contributed by atoms with Crippen LogP contribution in [0, 0.1) is 0 Å². The summed E-state index contributed by atoms with van der Waals surface area (Å²) in [7, 11) is 0. The molecule has 0 amide bonds. The first-order valence-corrected chi connectivity index (χ1v) is 0. The number of rotatable bonds is 0. The molecule has 0 aromatic heterocycles. The van der Waals surface area contributed by atoms with Crippen molar-refractivity contribution in [3.63, 3.8) is 0 Å². The summed E-state index contributed by atoms with van der Waals surface area (Å²) in [6, 6.07) is 0. The van der Waals surface area contributed by atoms with Crippen LogP contribution in [0.2, 0.25) is 0 Å². The average molecular weight is 293 g/mol. The molecule has 7 heavy (non-hydrogen) atoms. The normalized spacial score (nSPS) is 0. The molecule has 0 rings (SSSR count). The van der Waals surface area contributed by atoms with Crippen molar-refractivity contribution in [2.45, 2.75) is 0 Å². The van der Waals surface area contributed by atoms with Crippen LogP contribution in [-0.4, -0.2) is 0 Å². The Bertz CT molecular complexity index is 8.04. The Balaban J connectivity index is 0. The molecule has 0 atom stereocenters. The quantitative estimate of drug-likeness (QED) is 0.600. The number of hydrogen-bond acceptors (Lipinski definition) is 0. The van der Waals surface area contributed by atoms with Gasteiger partial charge in [0.15, 0.2) is 0 Å². The number of halogens is 5. The van der Waals surface area contributed by atoms with E-state index in [0.717, 1.165) is 0 Å². The van der Waals surface area contributed by atoms with Gasteiger partial charge in [-0.2, -0.15) is 0 Å². The maximum absolute atomic E-state index is 0. The zero-order valence-electron chi connectivity index (χ0n) is 2.77. The zero-order valence-corrected chi connectivity index (χ0v) is 9.14. The van der Waals surface area contributed by atoms with Crippen molar-refractivity contribution in [1.29, 1.82) is 0 Å².